The molecule has 0 unspecified atom stereocenters. The standard InChI is InChI=1S/C25H30N3O7P/c1-3-5-11-32-36(30,33-12-6-4-2)34-17-24-22-16-31-23-13-18(19-7-9-20(14-26)27-15-19)8-10-21(23)28(22)25(29)35-24/h7-10,13,15,22,24H,3-6,11-12,16-17H2,1-2H3/t22-,24-/m0/s1. The average Bonchev–Trinajstić information content (AvgIpc) is 3.23. The molecule has 1 aromatic carbocycles. The molecule has 2 aliphatic heterocycles. The Labute approximate surface area is 210 Å². The summed E-state index contributed by atoms with van der Waals surface area (Å²) in [7, 11) is -3.79. The number of nitrogens with zero attached hydrogens (tertiary/aromatic N) is 3. The highest BCUT2D eigenvalue weighted by molar-refractivity contribution is 7.48. The number of ether oxygens (including phenoxy) is 2. The molecule has 4 rings (SSSR count). The second kappa shape index (κ2) is 11.8. The van der Waals surface area contributed by atoms with E-state index in [1.165, 1.54) is 4.90 Å². The quantitative estimate of drug-likeness (QED) is 0.268. The molecule has 2 aliphatic rings. The maximum Gasteiger partial charge on any atom is 0.474 e. The molecule has 36 heavy (non-hydrogen) atoms. The third kappa shape index (κ3) is 5.88. The number of phosphoric ester groups is 1. The minimum absolute atomic E-state index is 0.143. The zero-order valence-electron chi connectivity index (χ0n) is 20.4. The van der Waals surface area contributed by atoms with Gasteiger partial charge in [-0.15, -0.1) is 0 Å². The molecule has 0 spiro atoms. The van der Waals surface area contributed by atoms with Crippen molar-refractivity contribution in [2.45, 2.75) is 51.7 Å². The second-order valence-electron chi connectivity index (χ2n) is 8.51. The highest BCUT2D eigenvalue weighted by atomic mass is 31.2. The van der Waals surface area contributed by atoms with E-state index < -0.39 is 26.1 Å². The number of rotatable bonds is 12. The van der Waals surface area contributed by atoms with Crippen LogP contribution in [0.1, 0.15) is 45.2 Å². The molecule has 0 radical (unpaired) electrons. The van der Waals surface area contributed by atoms with Crippen molar-refractivity contribution in [3.8, 4) is 22.9 Å². The minimum Gasteiger partial charge on any atom is -0.489 e. The number of anilines is 1. The zero-order valence-corrected chi connectivity index (χ0v) is 21.3. The molecule has 1 fully saturated rings. The van der Waals surface area contributed by atoms with Crippen LogP contribution in [0.15, 0.2) is 36.5 Å². The Hall–Kier alpha value is -2.96. The first-order valence-electron chi connectivity index (χ1n) is 12.1. The van der Waals surface area contributed by atoms with E-state index in [9.17, 15) is 9.36 Å². The van der Waals surface area contributed by atoms with E-state index in [-0.39, 0.29) is 26.4 Å². The van der Waals surface area contributed by atoms with Crippen LogP contribution in [-0.4, -0.2) is 49.7 Å². The van der Waals surface area contributed by atoms with Gasteiger partial charge in [0.15, 0.2) is 6.10 Å². The highest BCUT2D eigenvalue weighted by Gasteiger charge is 2.47. The number of unbranched alkanes of at least 4 members (excludes halogenated alkanes) is 2. The molecule has 1 amide bonds. The summed E-state index contributed by atoms with van der Waals surface area (Å²) in [6.07, 6.45) is 3.60. The summed E-state index contributed by atoms with van der Waals surface area (Å²) in [5, 5.41) is 8.95. The molecule has 3 heterocycles. The first kappa shape index (κ1) is 26.1. The zero-order chi connectivity index (χ0) is 25.5. The van der Waals surface area contributed by atoms with Crippen LogP contribution in [0.25, 0.3) is 11.1 Å². The first-order valence-corrected chi connectivity index (χ1v) is 13.6. The predicted octanol–water partition coefficient (Wildman–Crippen LogP) is 5.46. The molecule has 2 atom stereocenters. The molecule has 0 aliphatic carbocycles. The van der Waals surface area contributed by atoms with Gasteiger partial charge in [0.1, 0.15) is 30.2 Å². The number of fused-ring (bicyclic) bond motifs is 3. The molecular weight excluding hydrogens is 485 g/mol. The summed E-state index contributed by atoms with van der Waals surface area (Å²) in [5.74, 6) is 0.531. The van der Waals surface area contributed by atoms with E-state index in [0.717, 1.165) is 36.8 Å². The number of hydrogen-bond acceptors (Lipinski definition) is 9. The molecule has 1 saturated heterocycles. The summed E-state index contributed by atoms with van der Waals surface area (Å²) < 4.78 is 41.2. The van der Waals surface area contributed by atoms with E-state index in [1.807, 2.05) is 32.0 Å². The number of amides is 1. The van der Waals surface area contributed by atoms with Gasteiger partial charge in [-0.05, 0) is 42.7 Å². The Morgan fingerprint density at radius 1 is 1.11 bits per heavy atom. The van der Waals surface area contributed by atoms with Gasteiger partial charge in [0, 0.05) is 11.8 Å². The normalized spacial score (nSPS) is 18.7. The average molecular weight is 516 g/mol. The van der Waals surface area contributed by atoms with Gasteiger partial charge in [0.05, 0.1) is 25.5 Å². The fraction of sp³-hybridized carbons (Fsp3) is 0.480. The smallest absolute Gasteiger partial charge is 0.474 e. The topological polar surface area (TPSA) is 120 Å². The first-order chi connectivity index (χ1) is 17.5. The van der Waals surface area contributed by atoms with Gasteiger partial charge >= 0.3 is 13.9 Å². The fourth-order valence-electron chi connectivity index (χ4n) is 3.90. The lowest BCUT2D eigenvalue weighted by atomic mass is 10.0. The van der Waals surface area contributed by atoms with Crippen molar-refractivity contribution in [1.29, 1.82) is 5.26 Å². The van der Waals surface area contributed by atoms with Gasteiger partial charge in [-0.3, -0.25) is 18.5 Å². The number of aromatic nitrogens is 1. The summed E-state index contributed by atoms with van der Waals surface area (Å²) >= 11 is 0. The van der Waals surface area contributed by atoms with E-state index in [0.29, 0.717) is 17.1 Å². The number of cyclic esters (lactones) is 1. The number of carbonyl (C=O) groups is 1. The van der Waals surface area contributed by atoms with Gasteiger partial charge in [0.25, 0.3) is 0 Å². The van der Waals surface area contributed by atoms with Crippen LogP contribution in [0.2, 0.25) is 0 Å². The van der Waals surface area contributed by atoms with Gasteiger partial charge in [-0.2, -0.15) is 5.26 Å². The molecule has 0 bridgehead atoms. The Morgan fingerprint density at radius 3 is 2.47 bits per heavy atom. The Bertz CT molecular complexity index is 1140. The molecule has 10 nitrogen and oxygen atoms in total. The van der Waals surface area contributed by atoms with Crippen LogP contribution in [0.3, 0.4) is 0 Å². The fourth-order valence-corrected chi connectivity index (χ4v) is 5.16. The number of hydrogen-bond donors (Lipinski definition) is 0. The van der Waals surface area contributed by atoms with E-state index in [1.54, 1.807) is 24.4 Å². The minimum atomic E-state index is -3.79. The summed E-state index contributed by atoms with van der Waals surface area (Å²) in [5.41, 5.74) is 2.57. The SMILES string of the molecule is CCCCOP(=O)(OCCCC)OC[C@@H]1OC(=O)N2c3ccc(-c4ccc(C#N)nc4)cc3OC[C@@H]12. The number of pyridine rings is 1. The lowest BCUT2D eigenvalue weighted by Crippen LogP contribution is -2.45. The van der Waals surface area contributed by atoms with Crippen molar-refractivity contribution in [3.63, 3.8) is 0 Å². The van der Waals surface area contributed by atoms with Crippen molar-refractivity contribution >= 4 is 19.6 Å². The van der Waals surface area contributed by atoms with Crippen molar-refractivity contribution in [2.24, 2.45) is 0 Å². The van der Waals surface area contributed by atoms with Gasteiger partial charge in [-0.1, -0.05) is 32.8 Å². The van der Waals surface area contributed by atoms with Crippen molar-refractivity contribution in [2.75, 3.05) is 31.3 Å². The van der Waals surface area contributed by atoms with Crippen LogP contribution in [0.4, 0.5) is 10.5 Å². The van der Waals surface area contributed by atoms with Crippen LogP contribution in [0.5, 0.6) is 5.75 Å². The lowest BCUT2D eigenvalue weighted by Gasteiger charge is -2.31. The maximum absolute atomic E-state index is 13.1. The monoisotopic (exact) mass is 515 g/mol. The van der Waals surface area contributed by atoms with E-state index in [4.69, 9.17) is 28.3 Å². The van der Waals surface area contributed by atoms with Gasteiger partial charge in [0.2, 0.25) is 0 Å². The van der Waals surface area contributed by atoms with Crippen LogP contribution in [0, 0.1) is 11.3 Å². The lowest BCUT2D eigenvalue weighted by molar-refractivity contribution is 0.0492. The van der Waals surface area contributed by atoms with Crippen LogP contribution >= 0.6 is 7.82 Å². The second-order valence-corrected chi connectivity index (χ2v) is 10.2. The van der Waals surface area contributed by atoms with Gasteiger partial charge < -0.3 is 9.47 Å². The molecule has 0 N–H and O–H groups in total. The molecule has 11 heteroatoms. The number of phosphoric acid groups is 1. The molecule has 0 saturated carbocycles. The van der Waals surface area contributed by atoms with Crippen molar-refractivity contribution < 1.29 is 32.4 Å². The summed E-state index contributed by atoms with van der Waals surface area (Å²) in [4.78, 5) is 18.4. The number of carbonyl (C=O) groups excluding carboxylic acids is 1. The third-order valence-corrected chi connectivity index (χ3v) is 7.40. The summed E-state index contributed by atoms with van der Waals surface area (Å²) in [6.45, 7) is 4.56. The Morgan fingerprint density at radius 2 is 1.83 bits per heavy atom. The van der Waals surface area contributed by atoms with E-state index >= 15 is 0 Å². The molecular formula is C25H30N3O7P. The van der Waals surface area contributed by atoms with Gasteiger partial charge in [-0.25, -0.2) is 14.3 Å². The molecule has 192 valence electrons. The van der Waals surface area contributed by atoms with E-state index in [2.05, 4.69) is 4.98 Å². The molecule has 1 aromatic heterocycles. The molecule has 2 aromatic rings. The highest BCUT2D eigenvalue weighted by Crippen LogP contribution is 2.50. The van der Waals surface area contributed by atoms with Crippen LogP contribution < -0.4 is 9.64 Å². The maximum atomic E-state index is 13.1. The Kier molecular flexibility index (Phi) is 8.60. The van der Waals surface area contributed by atoms with Crippen LogP contribution in [-0.2, 0) is 22.9 Å². The predicted molar refractivity (Wildman–Crippen MR) is 132 cm³/mol. The number of benzene rings is 1. The Balaban J connectivity index is 1.45. The van der Waals surface area contributed by atoms with Crippen molar-refractivity contribution in [1.82, 2.24) is 4.98 Å². The number of nitriles is 1. The third-order valence-electron chi connectivity index (χ3n) is 5.94. The summed E-state index contributed by atoms with van der Waals surface area (Å²) in [6, 6.07) is 10.4. The largest absolute Gasteiger partial charge is 0.489 e. The van der Waals surface area contributed by atoms with Crippen molar-refractivity contribution in [3.05, 3.63) is 42.2 Å².